The number of carbonyl (C=O) groups excluding carboxylic acids is 2. The normalized spacial score (nSPS) is 20.0. The third kappa shape index (κ3) is 4.28. The van der Waals surface area contributed by atoms with Crippen molar-refractivity contribution in [2.75, 3.05) is 26.2 Å². The van der Waals surface area contributed by atoms with Gasteiger partial charge in [-0.2, -0.15) is 0 Å². The van der Waals surface area contributed by atoms with Crippen LogP contribution in [0.5, 0.6) is 0 Å². The molecule has 2 heterocycles. The van der Waals surface area contributed by atoms with E-state index in [0.717, 1.165) is 31.6 Å². The summed E-state index contributed by atoms with van der Waals surface area (Å²) in [6, 6.07) is 9.80. The van der Waals surface area contributed by atoms with Gasteiger partial charge in [0.25, 0.3) is 0 Å². The second-order valence-electron chi connectivity index (χ2n) is 6.62. The van der Waals surface area contributed by atoms with Gasteiger partial charge in [-0.05, 0) is 31.0 Å². The predicted octanol–water partition coefficient (Wildman–Crippen LogP) is 1.74. The Balaban J connectivity index is 0.00000208. The lowest BCUT2D eigenvalue weighted by atomic mass is 9.88. The van der Waals surface area contributed by atoms with Gasteiger partial charge in [0.05, 0.1) is 6.04 Å². The molecule has 0 saturated carbocycles. The highest BCUT2D eigenvalue weighted by Gasteiger charge is 2.31. The van der Waals surface area contributed by atoms with Gasteiger partial charge in [-0.1, -0.05) is 37.3 Å². The molecule has 132 valence electrons. The van der Waals surface area contributed by atoms with E-state index in [-0.39, 0.29) is 36.2 Å². The van der Waals surface area contributed by atoms with Crippen LogP contribution in [0, 0.1) is 11.8 Å². The first-order chi connectivity index (χ1) is 11.1. The topological polar surface area (TPSA) is 61.4 Å². The number of hydrogen-bond acceptors (Lipinski definition) is 3. The van der Waals surface area contributed by atoms with Crippen LogP contribution in [0.3, 0.4) is 0 Å². The van der Waals surface area contributed by atoms with Crippen LogP contribution in [-0.4, -0.2) is 42.9 Å². The number of benzene rings is 1. The second kappa shape index (κ2) is 8.49. The molecule has 0 aliphatic carbocycles. The molecule has 2 aliphatic rings. The zero-order valence-electron chi connectivity index (χ0n) is 14.0. The van der Waals surface area contributed by atoms with Gasteiger partial charge in [0.15, 0.2) is 0 Å². The molecular weight excluding hydrogens is 326 g/mol. The van der Waals surface area contributed by atoms with Crippen LogP contribution in [0.1, 0.15) is 31.4 Å². The third-order valence-corrected chi connectivity index (χ3v) is 5.03. The fourth-order valence-electron chi connectivity index (χ4n) is 3.22. The Morgan fingerprint density at radius 2 is 2.04 bits per heavy atom. The quantitative estimate of drug-likeness (QED) is 0.820. The van der Waals surface area contributed by atoms with Gasteiger partial charge in [-0.25, -0.2) is 0 Å². The molecule has 2 atom stereocenters. The lowest BCUT2D eigenvalue weighted by Gasteiger charge is -2.33. The van der Waals surface area contributed by atoms with Gasteiger partial charge in [0, 0.05) is 25.4 Å². The summed E-state index contributed by atoms with van der Waals surface area (Å²) in [7, 11) is 0. The van der Waals surface area contributed by atoms with Crippen LogP contribution in [0.15, 0.2) is 30.3 Å². The van der Waals surface area contributed by atoms with Gasteiger partial charge in [0.2, 0.25) is 11.8 Å². The van der Waals surface area contributed by atoms with Crippen LogP contribution in [0.4, 0.5) is 0 Å². The smallest absolute Gasteiger partial charge is 0.223 e. The number of rotatable bonds is 6. The average molecular weight is 352 g/mol. The molecule has 5 nitrogen and oxygen atoms in total. The number of carbonyl (C=O) groups is 2. The Labute approximate surface area is 149 Å². The summed E-state index contributed by atoms with van der Waals surface area (Å²) < 4.78 is 0. The minimum absolute atomic E-state index is 0. The average Bonchev–Trinajstić information content (AvgIpc) is 2.91. The standard InChI is InChI=1S/C18H25N3O2.ClH/c1-13(15-10-19-11-15)18(23)20-16(14-6-3-2-4-7-14)12-21-9-5-8-17(21)22;/h2-4,6-7,13,15-16,19H,5,8-12H2,1H3,(H,20,23);1H. The van der Waals surface area contributed by atoms with E-state index in [4.69, 9.17) is 0 Å². The molecule has 0 aromatic heterocycles. The third-order valence-electron chi connectivity index (χ3n) is 5.03. The summed E-state index contributed by atoms with van der Waals surface area (Å²) in [5, 5.41) is 6.38. The molecule has 2 aliphatic heterocycles. The molecule has 24 heavy (non-hydrogen) atoms. The first-order valence-corrected chi connectivity index (χ1v) is 8.49. The second-order valence-corrected chi connectivity index (χ2v) is 6.62. The largest absolute Gasteiger partial charge is 0.347 e. The minimum Gasteiger partial charge on any atom is -0.347 e. The highest BCUT2D eigenvalue weighted by Crippen LogP contribution is 2.21. The van der Waals surface area contributed by atoms with E-state index in [1.165, 1.54) is 0 Å². The van der Waals surface area contributed by atoms with Gasteiger partial charge in [-0.15, -0.1) is 12.4 Å². The van der Waals surface area contributed by atoms with Gasteiger partial charge >= 0.3 is 0 Å². The first-order valence-electron chi connectivity index (χ1n) is 8.49. The summed E-state index contributed by atoms with van der Waals surface area (Å²) in [4.78, 5) is 26.4. The first kappa shape index (κ1) is 18.7. The highest BCUT2D eigenvalue weighted by molar-refractivity contribution is 5.85. The fourth-order valence-corrected chi connectivity index (χ4v) is 3.22. The summed E-state index contributed by atoms with van der Waals surface area (Å²) >= 11 is 0. The van der Waals surface area contributed by atoms with E-state index in [9.17, 15) is 9.59 Å². The van der Waals surface area contributed by atoms with Crippen molar-refractivity contribution in [3.05, 3.63) is 35.9 Å². The van der Waals surface area contributed by atoms with Crippen LogP contribution >= 0.6 is 12.4 Å². The number of likely N-dealkylation sites (tertiary alicyclic amines) is 1. The number of nitrogens with zero attached hydrogens (tertiary/aromatic N) is 1. The van der Waals surface area contributed by atoms with Crippen molar-refractivity contribution in [3.63, 3.8) is 0 Å². The summed E-state index contributed by atoms with van der Waals surface area (Å²) in [5.41, 5.74) is 1.06. The molecule has 0 spiro atoms. The Morgan fingerprint density at radius 3 is 2.58 bits per heavy atom. The lowest BCUT2D eigenvalue weighted by molar-refractivity contribution is -0.130. The lowest BCUT2D eigenvalue weighted by Crippen LogP contribution is -2.50. The Bertz CT molecular complexity index is 563. The predicted molar refractivity (Wildman–Crippen MR) is 95.9 cm³/mol. The molecule has 1 aromatic carbocycles. The maximum Gasteiger partial charge on any atom is 0.223 e. The van der Waals surface area contributed by atoms with Gasteiger partial charge in [-0.3, -0.25) is 9.59 Å². The molecule has 0 radical (unpaired) electrons. The number of hydrogen-bond donors (Lipinski definition) is 2. The summed E-state index contributed by atoms with van der Waals surface area (Å²) in [5.74, 6) is 0.685. The molecule has 3 rings (SSSR count). The van der Waals surface area contributed by atoms with Crippen molar-refractivity contribution in [2.24, 2.45) is 11.8 Å². The molecule has 2 fully saturated rings. The molecule has 2 saturated heterocycles. The molecule has 2 unspecified atom stereocenters. The fraction of sp³-hybridized carbons (Fsp3) is 0.556. The molecule has 1 aromatic rings. The summed E-state index contributed by atoms with van der Waals surface area (Å²) in [6.07, 6.45) is 1.54. The molecule has 6 heteroatoms. The Kier molecular flexibility index (Phi) is 6.63. The van der Waals surface area contributed by atoms with E-state index in [0.29, 0.717) is 18.9 Å². The van der Waals surface area contributed by atoms with Crippen LogP contribution in [-0.2, 0) is 9.59 Å². The Hall–Kier alpha value is -1.59. The number of amides is 2. The summed E-state index contributed by atoms with van der Waals surface area (Å²) in [6.45, 7) is 5.17. The van der Waals surface area contributed by atoms with Crippen molar-refractivity contribution < 1.29 is 9.59 Å². The van der Waals surface area contributed by atoms with E-state index in [1.807, 2.05) is 42.2 Å². The molecule has 0 bridgehead atoms. The SMILES string of the molecule is CC(C(=O)NC(CN1CCCC1=O)c1ccccc1)C1CNC1.Cl. The minimum atomic E-state index is -0.138. The van der Waals surface area contributed by atoms with Crippen molar-refractivity contribution >= 4 is 24.2 Å². The molecular formula is C18H26ClN3O2. The van der Waals surface area contributed by atoms with E-state index < -0.39 is 0 Å². The molecule has 2 amide bonds. The Morgan fingerprint density at radius 1 is 1.33 bits per heavy atom. The maximum atomic E-state index is 12.6. The van der Waals surface area contributed by atoms with Crippen molar-refractivity contribution in [1.82, 2.24) is 15.5 Å². The van der Waals surface area contributed by atoms with Crippen molar-refractivity contribution in [1.29, 1.82) is 0 Å². The zero-order chi connectivity index (χ0) is 16.2. The molecule has 2 N–H and O–H groups in total. The van der Waals surface area contributed by atoms with E-state index in [2.05, 4.69) is 10.6 Å². The number of nitrogens with one attached hydrogen (secondary N) is 2. The monoisotopic (exact) mass is 351 g/mol. The van der Waals surface area contributed by atoms with Gasteiger partial charge < -0.3 is 15.5 Å². The van der Waals surface area contributed by atoms with Crippen LogP contribution < -0.4 is 10.6 Å². The number of halogens is 1. The zero-order valence-corrected chi connectivity index (χ0v) is 14.8. The van der Waals surface area contributed by atoms with Crippen molar-refractivity contribution in [3.8, 4) is 0 Å². The van der Waals surface area contributed by atoms with E-state index in [1.54, 1.807) is 0 Å². The highest BCUT2D eigenvalue weighted by atomic mass is 35.5. The van der Waals surface area contributed by atoms with Gasteiger partial charge in [0.1, 0.15) is 0 Å². The van der Waals surface area contributed by atoms with Crippen molar-refractivity contribution in [2.45, 2.75) is 25.8 Å². The maximum absolute atomic E-state index is 12.6. The van der Waals surface area contributed by atoms with Crippen LogP contribution in [0.25, 0.3) is 0 Å². The van der Waals surface area contributed by atoms with E-state index >= 15 is 0 Å². The van der Waals surface area contributed by atoms with Crippen LogP contribution in [0.2, 0.25) is 0 Å².